The van der Waals surface area contributed by atoms with E-state index < -0.39 is 0 Å². The van der Waals surface area contributed by atoms with Crippen molar-refractivity contribution in [3.63, 3.8) is 0 Å². The van der Waals surface area contributed by atoms with Crippen molar-refractivity contribution in [2.24, 2.45) is 0 Å². The molecule has 5 nitrogen and oxygen atoms in total. The number of hydrogen-bond donors (Lipinski definition) is 1. The van der Waals surface area contributed by atoms with E-state index in [1.54, 1.807) is 18.5 Å². The predicted octanol–water partition coefficient (Wildman–Crippen LogP) is 4.90. The number of aromatic nitrogens is 4. The molecule has 6 heteroatoms. The average Bonchev–Trinajstić information content (AvgIpc) is 3.34. The van der Waals surface area contributed by atoms with Crippen LogP contribution in [0.4, 0.5) is 10.2 Å². The van der Waals surface area contributed by atoms with Gasteiger partial charge in [-0.1, -0.05) is 11.6 Å². The van der Waals surface area contributed by atoms with E-state index in [1.807, 2.05) is 19.2 Å². The molecule has 0 saturated heterocycles. The maximum absolute atomic E-state index is 14.5. The molecule has 1 atom stereocenters. The van der Waals surface area contributed by atoms with E-state index in [1.165, 1.54) is 5.57 Å². The summed E-state index contributed by atoms with van der Waals surface area (Å²) in [6, 6.07) is 7.72. The smallest absolute Gasteiger partial charge is 0.143 e. The van der Waals surface area contributed by atoms with Crippen LogP contribution in [0, 0.1) is 12.7 Å². The number of nitrogen functional groups attached to an aromatic ring is 1. The lowest BCUT2D eigenvalue weighted by atomic mass is 10.0. The lowest BCUT2D eigenvalue weighted by Crippen LogP contribution is -2.02. The van der Waals surface area contributed by atoms with E-state index in [0.29, 0.717) is 22.8 Å². The molecule has 0 spiro atoms. The van der Waals surface area contributed by atoms with E-state index in [2.05, 4.69) is 37.9 Å². The van der Waals surface area contributed by atoms with Crippen molar-refractivity contribution >= 4 is 27.8 Å². The van der Waals surface area contributed by atoms with E-state index in [0.717, 1.165) is 47.8 Å². The highest BCUT2D eigenvalue weighted by atomic mass is 19.1. The van der Waals surface area contributed by atoms with Crippen molar-refractivity contribution in [3.05, 3.63) is 71.6 Å². The summed E-state index contributed by atoms with van der Waals surface area (Å²) in [5.41, 5.74) is 10.7. The van der Waals surface area contributed by atoms with Gasteiger partial charge in [0.1, 0.15) is 23.6 Å². The van der Waals surface area contributed by atoms with Gasteiger partial charge < -0.3 is 10.3 Å². The van der Waals surface area contributed by atoms with Gasteiger partial charge in [0.15, 0.2) is 0 Å². The first-order valence-corrected chi connectivity index (χ1v) is 9.90. The molecule has 0 radical (unpaired) electrons. The molecule has 1 aromatic carbocycles. The van der Waals surface area contributed by atoms with Crippen molar-refractivity contribution in [2.75, 3.05) is 5.73 Å². The zero-order chi connectivity index (χ0) is 20.0. The first-order chi connectivity index (χ1) is 14.1. The van der Waals surface area contributed by atoms with Crippen LogP contribution in [0.25, 0.3) is 21.9 Å². The second-order valence-corrected chi connectivity index (χ2v) is 7.79. The molecular formula is C23H22FN5. The third kappa shape index (κ3) is 3.24. The summed E-state index contributed by atoms with van der Waals surface area (Å²) in [5, 5.41) is 1.59. The van der Waals surface area contributed by atoms with Crippen molar-refractivity contribution < 1.29 is 4.39 Å². The lowest BCUT2D eigenvalue weighted by molar-refractivity contribution is 0.603. The van der Waals surface area contributed by atoms with Crippen LogP contribution in [0.15, 0.2) is 54.6 Å². The van der Waals surface area contributed by atoms with Crippen LogP contribution in [-0.4, -0.2) is 19.5 Å². The van der Waals surface area contributed by atoms with Crippen LogP contribution in [0.3, 0.4) is 0 Å². The Morgan fingerprint density at radius 1 is 1.24 bits per heavy atom. The van der Waals surface area contributed by atoms with E-state index in [9.17, 15) is 4.39 Å². The number of aryl methyl sites for hydroxylation is 2. The molecule has 3 heterocycles. The average molecular weight is 387 g/mol. The minimum atomic E-state index is -0.232. The Bertz CT molecular complexity index is 1260. The van der Waals surface area contributed by atoms with Gasteiger partial charge in [0.05, 0.1) is 11.6 Å². The summed E-state index contributed by atoms with van der Waals surface area (Å²) in [4.78, 5) is 12.9. The highest BCUT2D eigenvalue weighted by Gasteiger charge is 2.19. The Hall–Kier alpha value is -3.28. The van der Waals surface area contributed by atoms with Gasteiger partial charge in [0.25, 0.3) is 0 Å². The normalized spacial score (nSPS) is 16.6. The number of nitrogens with zero attached hydrogens (tertiary/aromatic N) is 4. The zero-order valence-corrected chi connectivity index (χ0v) is 16.3. The highest BCUT2D eigenvalue weighted by molar-refractivity contribution is 5.82. The minimum absolute atomic E-state index is 0.232. The first-order valence-electron chi connectivity index (χ1n) is 9.90. The highest BCUT2D eigenvalue weighted by Crippen LogP contribution is 2.33. The Morgan fingerprint density at radius 3 is 3.03 bits per heavy atom. The van der Waals surface area contributed by atoms with Crippen LogP contribution in [0.2, 0.25) is 0 Å². The minimum Gasteiger partial charge on any atom is -0.383 e. The van der Waals surface area contributed by atoms with Gasteiger partial charge in [-0.25, -0.2) is 19.3 Å². The van der Waals surface area contributed by atoms with Crippen molar-refractivity contribution in [2.45, 2.75) is 38.6 Å². The predicted molar refractivity (Wildman–Crippen MR) is 113 cm³/mol. The van der Waals surface area contributed by atoms with E-state index in [4.69, 9.17) is 5.73 Å². The number of nitrogens with two attached hydrogens (primary N) is 1. The van der Waals surface area contributed by atoms with Gasteiger partial charge in [-0.3, -0.25) is 0 Å². The van der Waals surface area contributed by atoms with Gasteiger partial charge in [-0.15, -0.1) is 0 Å². The summed E-state index contributed by atoms with van der Waals surface area (Å²) < 4.78 is 16.8. The fourth-order valence-electron chi connectivity index (χ4n) is 4.22. The molecule has 0 bridgehead atoms. The van der Waals surface area contributed by atoms with Gasteiger partial charge in [-0.05, 0) is 68.0 Å². The van der Waals surface area contributed by atoms with Gasteiger partial charge in [0.2, 0.25) is 0 Å². The van der Waals surface area contributed by atoms with Crippen LogP contribution in [0.1, 0.15) is 36.4 Å². The van der Waals surface area contributed by atoms with Crippen molar-refractivity contribution in [3.8, 4) is 0 Å². The second-order valence-electron chi connectivity index (χ2n) is 7.79. The summed E-state index contributed by atoms with van der Waals surface area (Å²) in [7, 11) is 0. The number of anilines is 1. The van der Waals surface area contributed by atoms with E-state index >= 15 is 0 Å². The Labute approximate surface area is 168 Å². The van der Waals surface area contributed by atoms with Crippen LogP contribution in [-0.2, 0) is 6.42 Å². The topological polar surface area (TPSA) is 69.6 Å². The number of benzene rings is 1. The summed E-state index contributed by atoms with van der Waals surface area (Å²) in [5.74, 6) is 0.225. The second kappa shape index (κ2) is 6.95. The maximum atomic E-state index is 14.5. The van der Waals surface area contributed by atoms with Crippen LogP contribution >= 0.6 is 0 Å². The molecule has 0 saturated carbocycles. The molecular weight excluding hydrogens is 365 g/mol. The van der Waals surface area contributed by atoms with Crippen molar-refractivity contribution in [1.82, 2.24) is 19.5 Å². The fraction of sp³-hybridized carbons (Fsp3) is 0.261. The monoisotopic (exact) mass is 387 g/mol. The molecule has 0 fully saturated rings. The summed E-state index contributed by atoms with van der Waals surface area (Å²) in [6.07, 6.45) is 11.7. The summed E-state index contributed by atoms with van der Waals surface area (Å²) in [6.45, 7) is 1.85. The largest absolute Gasteiger partial charge is 0.383 e. The zero-order valence-electron chi connectivity index (χ0n) is 16.3. The van der Waals surface area contributed by atoms with Gasteiger partial charge >= 0.3 is 0 Å². The molecule has 1 aliphatic carbocycles. The van der Waals surface area contributed by atoms with Crippen LogP contribution in [0.5, 0.6) is 0 Å². The maximum Gasteiger partial charge on any atom is 0.143 e. The first kappa shape index (κ1) is 17.8. The Kier molecular flexibility index (Phi) is 4.27. The molecule has 0 aliphatic heterocycles. The Morgan fingerprint density at radius 2 is 2.14 bits per heavy atom. The number of fused-ring (bicyclic) bond motifs is 2. The third-order valence-electron chi connectivity index (χ3n) is 5.83. The fourth-order valence-corrected chi connectivity index (χ4v) is 4.22. The SMILES string of the molecule is Cc1cc2c(F)cc(CCC3=CC(n4ccc5cncnc54)CC3)cc2nc1N. The standard InChI is InChI=1S/C23H22FN5/c1-14-8-19-20(24)10-16(11-21(19)28-22(14)25)3-2-15-4-5-18(9-15)29-7-6-17-12-26-13-27-23(17)29/h6-13,18H,2-5H2,1H3,(H2,25,28). The molecule has 29 heavy (non-hydrogen) atoms. The number of hydrogen-bond acceptors (Lipinski definition) is 4. The molecule has 0 amide bonds. The molecule has 5 rings (SSSR count). The number of pyridine rings is 1. The Balaban J connectivity index is 1.35. The van der Waals surface area contributed by atoms with Crippen LogP contribution < -0.4 is 5.73 Å². The molecule has 3 aromatic heterocycles. The van der Waals surface area contributed by atoms with E-state index in [-0.39, 0.29) is 5.82 Å². The van der Waals surface area contributed by atoms with Gasteiger partial charge in [0, 0.05) is 23.2 Å². The molecule has 1 unspecified atom stereocenters. The molecule has 2 N–H and O–H groups in total. The van der Waals surface area contributed by atoms with Gasteiger partial charge in [-0.2, -0.15) is 0 Å². The third-order valence-corrected chi connectivity index (χ3v) is 5.83. The lowest BCUT2D eigenvalue weighted by Gasteiger charge is -2.10. The number of rotatable bonds is 4. The number of allylic oxidation sites excluding steroid dienone is 2. The molecule has 1 aliphatic rings. The van der Waals surface area contributed by atoms with Crippen molar-refractivity contribution in [1.29, 1.82) is 0 Å². The summed E-state index contributed by atoms with van der Waals surface area (Å²) >= 11 is 0. The number of halogens is 1. The molecule has 4 aromatic rings. The molecule has 146 valence electrons. The quantitative estimate of drug-likeness (QED) is 0.506.